The Morgan fingerprint density at radius 2 is 1.60 bits per heavy atom. The van der Waals surface area contributed by atoms with Gasteiger partial charge in [0.2, 0.25) is 8.32 Å². The number of esters is 1. The first-order chi connectivity index (χ1) is 14.1. The molecule has 1 aliphatic heterocycles. The molecule has 1 rings (SSSR count). The van der Waals surface area contributed by atoms with Gasteiger partial charge in [-0.2, -0.15) is 0 Å². The van der Waals surface area contributed by atoms with Crippen LogP contribution in [0.15, 0.2) is 23.2 Å². The lowest BCUT2D eigenvalue weighted by Crippen LogP contribution is -2.53. The van der Waals surface area contributed by atoms with E-state index >= 15 is 0 Å². The Hall–Kier alpha value is -0.433. The molecule has 1 aliphatic rings. The summed E-state index contributed by atoms with van der Waals surface area (Å²) in [6.07, 6.45) is 8.83. The molecular weight excluding hydrogens is 460 g/mol. The fourth-order valence-corrected chi connectivity index (χ4v) is 10.9. The third kappa shape index (κ3) is 7.32. The van der Waals surface area contributed by atoms with E-state index < -0.39 is 8.32 Å². The summed E-state index contributed by atoms with van der Waals surface area (Å²) in [5.41, 5.74) is 1.56. The molecule has 4 nitrogen and oxygen atoms in total. The van der Waals surface area contributed by atoms with E-state index in [0.29, 0.717) is 29.5 Å². The third-order valence-electron chi connectivity index (χ3n) is 6.32. The maximum Gasteiger partial charge on any atom is 0.303 e. The minimum atomic E-state index is -2.04. The Morgan fingerprint density at radius 3 is 2.03 bits per heavy atom. The quantitative estimate of drug-likeness (QED) is 0.188. The molecule has 0 aromatic rings. The number of ether oxygens (including phenoxy) is 2. The summed E-state index contributed by atoms with van der Waals surface area (Å²) in [7, 11) is -2.04. The van der Waals surface area contributed by atoms with Crippen molar-refractivity contribution < 1.29 is 18.7 Å². The molecule has 1 heterocycles. The van der Waals surface area contributed by atoms with E-state index in [-0.39, 0.29) is 30.4 Å². The van der Waals surface area contributed by atoms with Crippen molar-refractivity contribution in [3.8, 4) is 0 Å². The summed E-state index contributed by atoms with van der Waals surface area (Å²) in [6, 6.07) is 0. The van der Waals surface area contributed by atoms with Gasteiger partial charge in [-0.25, -0.2) is 0 Å². The van der Waals surface area contributed by atoms with Gasteiger partial charge in [0.15, 0.2) is 0 Å². The first-order valence-electron chi connectivity index (χ1n) is 11.5. The number of halogens is 1. The second-order valence-electron chi connectivity index (χ2n) is 9.28. The molecule has 0 N–H and O–H groups in total. The van der Waals surface area contributed by atoms with Crippen molar-refractivity contribution in [2.24, 2.45) is 0 Å². The van der Waals surface area contributed by atoms with E-state index in [2.05, 4.69) is 76.5 Å². The zero-order chi connectivity index (χ0) is 22.9. The maximum atomic E-state index is 11.7. The number of hydrogen-bond acceptors (Lipinski definition) is 4. The van der Waals surface area contributed by atoms with Crippen LogP contribution in [0, 0.1) is 0 Å². The van der Waals surface area contributed by atoms with Crippen LogP contribution in [-0.2, 0) is 18.7 Å². The molecule has 6 heteroatoms. The predicted molar refractivity (Wildman–Crippen MR) is 131 cm³/mol. The van der Waals surface area contributed by atoms with Crippen LogP contribution in [0.1, 0.15) is 81.1 Å². The molecule has 0 radical (unpaired) electrons. The second-order valence-corrected chi connectivity index (χ2v) is 15.2. The average molecular weight is 504 g/mol. The van der Waals surface area contributed by atoms with E-state index in [0.717, 1.165) is 12.8 Å². The highest BCUT2D eigenvalue weighted by atomic mass is 79.9. The summed E-state index contributed by atoms with van der Waals surface area (Å²) in [6.45, 7) is 17.5. The summed E-state index contributed by atoms with van der Waals surface area (Å²) < 4.78 is 19.4. The predicted octanol–water partition coefficient (Wildman–Crippen LogP) is 7.29. The smallest absolute Gasteiger partial charge is 0.303 e. The molecule has 174 valence electrons. The van der Waals surface area contributed by atoms with Gasteiger partial charge in [-0.15, -0.1) is 0 Å². The number of hydrogen-bond donors (Lipinski definition) is 0. The van der Waals surface area contributed by atoms with Gasteiger partial charge in [0.05, 0.1) is 18.3 Å². The Balaban J connectivity index is 3.26. The molecule has 4 atom stereocenters. The number of rotatable bonds is 9. The molecule has 0 fully saturated rings. The molecule has 0 aliphatic carbocycles. The van der Waals surface area contributed by atoms with Crippen molar-refractivity contribution >= 4 is 30.2 Å². The highest BCUT2D eigenvalue weighted by molar-refractivity contribution is 9.11. The van der Waals surface area contributed by atoms with Crippen LogP contribution in [0.4, 0.5) is 0 Å². The van der Waals surface area contributed by atoms with E-state index in [1.165, 1.54) is 6.92 Å². The SMILES string of the molecule is CC[C@H]1O[C@@H](C/C=C\Br)[C@H](OC(C)=O)C/C=C\C[C@@H]1O[Si](C(C)C)(C(C)C)C(C)C. The van der Waals surface area contributed by atoms with Crippen molar-refractivity contribution in [1.29, 1.82) is 0 Å². The van der Waals surface area contributed by atoms with E-state index in [1.807, 2.05) is 11.1 Å². The van der Waals surface area contributed by atoms with Crippen LogP contribution in [-0.4, -0.2) is 38.7 Å². The van der Waals surface area contributed by atoms with Crippen LogP contribution >= 0.6 is 15.9 Å². The summed E-state index contributed by atoms with van der Waals surface area (Å²) in [5.74, 6) is -0.268. The molecule has 0 saturated carbocycles. The topological polar surface area (TPSA) is 44.8 Å². The van der Waals surface area contributed by atoms with Crippen LogP contribution in [0.2, 0.25) is 16.6 Å². The molecule has 0 unspecified atom stereocenters. The van der Waals surface area contributed by atoms with Gasteiger partial charge in [0.25, 0.3) is 0 Å². The van der Waals surface area contributed by atoms with Crippen molar-refractivity contribution in [2.45, 2.75) is 122 Å². The summed E-state index contributed by atoms with van der Waals surface area (Å²) >= 11 is 3.35. The third-order valence-corrected chi connectivity index (χ3v) is 12.8. The molecule has 0 aromatic heterocycles. The normalized spacial score (nSPS) is 27.3. The first-order valence-corrected chi connectivity index (χ1v) is 14.6. The lowest BCUT2D eigenvalue weighted by molar-refractivity contribution is -0.162. The molecule has 0 aromatic carbocycles. The van der Waals surface area contributed by atoms with Crippen LogP contribution in [0.3, 0.4) is 0 Å². The lowest BCUT2D eigenvalue weighted by atomic mass is 10.1. The maximum absolute atomic E-state index is 11.7. The standard InChI is InChI=1S/C24H43BrO4Si/c1-9-21-24(29-30(17(2)3,18(4)5)19(6)7)14-11-10-13-22(27-20(8)26)23(28-21)15-12-16-25/h10-12,16-19,21-24H,9,13-15H2,1-8H3/b11-10-,16-12-/t21-,22-,23+,24+/m1/s1. The minimum absolute atomic E-state index is 0.0108. The first kappa shape index (κ1) is 27.6. The fourth-order valence-electron chi connectivity index (χ4n) is 5.05. The summed E-state index contributed by atoms with van der Waals surface area (Å²) in [4.78, 5) is 13.5. The molecule has 0 saturated heterocycles. The lowest BCUT2D eigenvalue weighted by Gasteiger charge is -2.46. The highest BCUT2D eigenvalue weighted by Gasteiger charge is 2.47. The van der Waals surface area contributed by atoms with Gasteiger partial charge in [-0.3, -0.25) is 4.79 Å². The van der Waals surface area contributed by atoms with Gasteiger partial charge < -0.3 is 13.9 Å². The molecule has 0 spiro atoms. The van der Waals surface area contributed by atoms with Gasteiger partial charge in [-0.1, -0.05) is 82.6 Å². The van der Waals surface area contributed by atoms with Crippen LogP contribution in [0.25, 0.3) is 0 Å². The second kappa shape index (κ2) is 13.2. The van der Waals surface area contributed by atoms with Crippen molar-refractivity contribution in [1.82, 2.24) is 0 Å². The number of carbonyl (C=O) groups is 1. The monoisotopic (exact) mass is 502 g/mol. The zero-order valence-corrected chi connectivity index (χ0v) is 22.8. The molecular formula is C24H43BrO4Si. The zero-order valence-electron chi connectivity index (χ0n) is 20.2. The highest BCUT2D eigenvalue weighted by Crippen LogP contribution is 2.44. The van der Waals surface area contributed by atoms with Gasteiger partial charge in [0, 0.05) is 13.3 Å². The van der Waals surface area contributed by atoms with E-state index in [1.54, 1.807) is 0 Å². The van der Waals surface area contributed by atoms with Crippen LogP contribution < -0.4 is 0 Å². The van der Waals surface area contributed by atoms with Crippen molar-refractivity contribution in [3.63, 3.8) is 0 Å². The average Bonchev–Trinajstić information content (AvgIpc) is 2.72. The molecule has 30 heavy (non-hydrogen) atoms. The Bertz CT molecular complexity index is 552. The van der Waals surface area contributed by atoms with Crippen molar-refractivity contribution in [3.05, 3.63) is 23.2 Å². The summed E-state index contributed by atoms with van der Waals surface area (Å²) in [5, 5.41) is 0. The van der Waals surface area contributed by atoms with E-state index in [9.17, 15) is 4.79 Å². The molecule has 0 amide bonds. The Labute approximate surface area is 194 Å². The van der Waals surface area contributed by atoms with Crippen molar-refractivity contribution in [2.75, 3.05) is 0 Å². The number of carbonyl (C=O) groups excluding carboxylic acids is 1. The Kier molecular flexibility index (Phi) is 12.1. The van der Waals surface area contributed by atoms with Gasteiger partial charge in [0.1, 0.15) is 6.10 Å². The van der Waals surface area contributed by atoms with Gasteiger partial charge in [-0.05, 0) is 40.9 Å². The largest absolute Gasteiger partial charge is 0.459 e. The fraction of sp³-hybridized carbons (Fsp3) is 0.792. The minimum Gasteiger partial charge on any atom is -0.459 e. The van der Waals surface area contributed by atoms with E-state index in [4.69, 9.17) is 13.9 Å². The molecule has 0 bridgehead atoms. The van der Waals surface area contributed by atoms with Crippen LogP contribution in [0.5, 0.6) is 0 Å². The Morgan fingerprint density at radius 1 is 1.07 bits per heavy atom. The van der Waals surface area contributed by atoms with Gasteiger partial charge >= 0.3 is 5.97 Å².